The first-order chi connectivity index (χ1) is 18.3. The Labute approximate surface area is 219 Å². The molecule has 3 aromatic rings. The number of aromatic nitrogens is 2. The fraction of sp³-hybridized carbons (Fsp3) is 0.292. The molecule has 0 radical (unpaired) electrons. The van der Waals surface area contributed by atoms with Gasteiger partial charge in [0, 0.05) is 18.1 Å². The summed E-state index contributed by atoms with van der Waals surface area (Å²) in [5, 5.41) is 5.59. The Hall–Kier alpha value is -4.33. The van der Waals surface area contributed by atoms with E-state index in [-0.39, 0.29) is 48.0 Å². The molecule has 38 heavy (non-hydrogen) atoms. The zero-order chi connectivity index (χ0) is 26.8. The van der Waals surface area contributed by atoms with Gasteiger partial charge in [-0.1, -0.05) is 0 Å². The van der Waals surface area contributed by atoms with Crippen LogP contribution in [0.25, 0.3) is 11.1 Å². The van der Waals surface area contributed by atoms with Crippen molar-refractivity contribution < 1.29 is 32.6 Å². The third kappa shape index (κ3) is 5.34. The van der Waals surface area contributed by atoms with Gasteiger partial charge in [-0.3, -0.25) is 14.6 Å². The van der Waals surface area contributed by atoms with Crippen LogP contribution in [-0.2, 0) is 14.3 Å². The van der Waals surface area contributed by atoms with Crippen molar-refractivity contribution in [2.45, 2.75) is 19.1 Å². The number of cyclic esters (lactones) is 2. The second kappa shape index (κ2) is 10.6. The Balaban J connectivity index is 1.27. The highest BCUT2D eigenvalue weighted by molar-refractivity contribution is 6.99. The molecular formula is C24H22F2N6O5S. The molecule has 0 spiro atoms. The van der Waals surface area contributed by atoms with E-state index in [2.05, 4.69) is 19.4 Å². The van der Waals surface area contributed by atoms with E-state index in [1.54, 1.807) is 6.20 Å². The summed E-state index contributed by atoms with van der Waals surface area (Å²) >= 11 is 1.05. The molecule has 0 aliphatic carbocycles. The van der Waals surface area contributed by atoms with Crippen LogP contribution in [0.4, 0.5) is 35.6 Å². The maximum atomic E-state index is 15.1. The van der Waals surface area contributed by atoms with Gasteiger partial charge in [-0.15, -0.1) is 0 Å². The number of halogens is 2. The molecule has 2 aromatic carbocycles. The smallest absolute Gasteiger partial charge is 0.414 e. The van der Waals surface area contributed by atoms with Crippen LogP contribution < -0.4 is 20.4 Å². The van der Waals surface area contributed by atoms with Gasteiger partial charge in [0.1, 0.15) is 23.8 Å². The zero-order valence-corrected chi connectivity index (χ0v) is 20.8. The summed E-state index contributed by atoms with van der Waals surface area (Å²) in [6.07, 6.45) is -0.786. The van der Waals surface area contributed by atoms with Gasteiger partial charge >= 0.3 is 12.2 Å². The highest BCUT2D eigenvalue weighted by Crippen LogP contribution is 2.33. The summed E-state index contributed by atoms with van der Waals surface area (Å²) in [6, 6.07) is 8.03. The number of benzene rings is 2. The molecule has 2 saturated heterocycles. The van der Waals surface area contributed by atoms with Crippen LogP contribution in [0.1, 0.15) is 6.92 Å². The Morgan fingerprint density at radius 2 is 1.53 bits per heavy atom. The molecule has 1 aromatic heterocycles. The van der Waals surface area contributed by atoms with Gasteiger partial charge in [-0.25, -0.2) is 18.4 Å². The largest absolute Gasteiger partial charge is 0.442 e. The average Bonchev–Trinajstić information content (AvgIpc) is 3.62. The Morgan fingerprint density at radius 1 is 0.974 bits per heavy atom. The summed E-state index contributed by atoms with van der Waals surface area (Å²) in [5.41, 5.74) is 0.498. The molecule has 14 heteroatoms. The first-order valence-electron chi connectivity index (χ1n) is 11.6. The molecule has 2 atom stereocenters. The summed E-state index contributed by atoms with van der Waals surface area (Å²) < 4.78 is 48.6. The first kappa shape index (κ1) is 25.3. The Kier molecular flexibility index (Phi) is 7.05. The van der Waals surface area contributed by atoms with Crippen molar-refractivity contribution in [3.63, 3.8) is 0 Å². The van der Waals surface area contributed by atoms with Crippen LogP contribution in [0.5, 0.6) is 0 Å². The van der Waals surface area contributed by atoms with E-state index in [0.717, 1.165) is 23.9 Å². The van der Waals surface area contributed by atoms with Crippen molar-refractivity contribution in [3.05, 3.63) is 54.2 Å². The number of carbonyl (C=O) groups excluding carboxylic acids is 3. The molecule has 0 bridgehead atoms. The number of anilines is 3. The van der Waals surface area contributed by atoms with Crippen LogP contribution >= 0.6 is 11.7 Å². The highest BCUT2D eigenvalue weighted by Gasteiger charge is 2.34. The summed E-state index contributed by atoms with van der Waals surface area (Å²) in [7, 11) is 0. The van der Waals surface area contributed by atoms with E-state index in [1.165, 1.54) is 41.0 Å². The Bertz CT molecular complexity index is 1370. The molecule has 3 heterocycles. The molecular weight excluding hydrogens is 522 g/mol. The molecule has 2 aliphatic rings. The fourth-order valence-electron chi connectivity index (χ4n) is 4.18. The Morgan fingerprint density at radius 3 is 2.00 bits per heavy atom. The third-order valence-electron chi connectivity index (χ3n) is 6.02. The predicted octanol–water partition coefficient (Wildman–Crippen LogP) is 3.38. The lowest BCUT2D eigenvalue weighted by Crippen LogP contribution is -2.33. The van der Waals surface area contributed by atoms with Crippen molar-refractivity contribution in [1.29, 1.82) is 0 Å². The van der Waals surface area contributed by atoms with E-state index in [0.29, 0.717) is 12.4 Å². The third-order valence-corrected chi connectivity index (χ3v) is 6.50. The van der Waals surface area contributed by atoms with Crippen molar-refractivity contribution in [2.75, 3.05) is 41.3 Å². The van der Waals surface area contributed by atoms with E-state index in [1.807, 2.05) is 0 Å². The lowest BCUT2D eigenvalue weighted by atomic mass is 10.0. The van der Waals surface area contributed by atoms with E-state index < -0.39 is 36.0 Å². The fourth-order valence-corrected chi connectivity index (χ4v) is 4.57. The van der Waals surface area contributed by atoms with Crippen LogP contribution in [0, 0.1) is 11.6 Å². The number of rotatable bonds is 8. The molecule has 2 N–H and O–H groups in total. The van der Waals surface area contributed by atoms with Gasteiger partial charge < -0.3 is 20.1 Å². The average molecular weight is 545 g/mol. The molecule has 3 amide bonds. The quantitative estimate of drug-likeness (QED) is 0.442. The zero-order valence-electron chi connectivity index (χ0n) is 20.0. The van der Waals surface area contributed by atoms with Crippen molar-refractivity contribution in [2.24, 2.45) is 0 Å². The number of nitrogens with one attached hydrogen (secondary N) is 2. The second-order valence-corrected chi connectivity index (χ2v) is 9.23. The molecule has 11 nitrogen and oxygen atoms in total. The minimum atomic E-state index is -0.740. The van der Waals surface area contributed by atoms with Crippen LogP contribution in [0.15, 0.2) is 42.6 Å². The summed E-state index contributed by atoms with van der Waals surface area (Å²) in [6.45, 7) is 2.12. The number of ether oxygens (including phenoxy) is 2. The normalized spacial score (nSPS) is 18.9. The SMILES string of the molecule is CC(=O)NC[C@H]1CN(c2ccc(-c3ccc(N4C[C@H](CNc5cnsn5)OC4=O)cc3F)c(F)c2)C(=O)O1. The van der Waals surface area contributed by atoms with Gasteiger partial charge in [-0.2, -0.15) is 8.75 Å². The number of nitrogens with zero attached hydrogens (tertiary/aromatic N) is 4. The monoisotopic (exact) mass is 544 g/mol. The number of carbonyl (C=O) groups is 3. The molecule has 2 fully saturated rings. The van der Waals surface area contributed by atoms with Gasteiger partial charge in [0.15, 0.2) is 5.82 Å². The van der Waals surface area contributed by atoms with Crippen molar-refractivity contribution in [3.8, 4) is 11.1 Å². The lowest BCUT2D eigenvalue weighted by Gasteiger charge is -2.16. The number of amides is 3. The van der Waals surface area contributed by atoms with Gasteiger partial charge in [0.05, 0.1) is 55.5 Å². The second-order valence-electron chi connectivity index (χ2n) is 8.67. The van der Waals surface area contributed by atoms with Crippen molar-refractivity contribution in [1.82, 2.24) is 14.1 Å². The minimum Gasteiger partial charge on any atom is -0.442 e. The molecule has 0 unspecified atom stereocenters. The summed E-state index contributed by atoms with van der Waals surface area (Å²) in [4.78, 5) is 38.2. The highest BCUT2D eigenvalue weighted by atomic mass is 32.1. The van der Waals surface area contributed by atoms with E-state index in [4.69, 9.17) is 9.47 Å². The molecule has 0 saturated carbocycles. The lowest BCUT2D eigenvalue weighted by molar-refractivity contribution is -0.119. The molecule has 2 aliphatic heterocycles. The standard InChI is InChI=1S/C24H22F2N6O5S/c1-13(33)27-8-16-11-31(23(34)36-16)14-2-4-18(20(25)6-14)19-5-3-15(7-21(19)26)32-12-17(37-24(32)35)9-28-22-10-29-38-30-22/h2-7,10,16-17H,8-9,11-12H2,1H3,(H,27,33)(H,28,30)/t16-,17-/m0/s1. The van der Waals surface area contributed by atoms with Crippen LogP contribution in [0.2, 0.25) is 0 Å². The number of hydrogen-bond acceptors (Lipinski definition) is 9. The maximum absolute atomic E-state index is 15.1. The van der Waals surface area contributed by atoms with Gasteiger partial charge in [0.2, 0.25) is 5.91 Å². The van der Waals surface area contributed by atoms with Gasteiger partial charge in [0.25, 0.3) is 0 Å². The first-order valence-corrected chi connectivity index (χ1v) is 12.3. The van der Waals surface area contributed by atoms with Crippen molar-refractivity contribution >= 4 is 47.0 Å². The van der Waals surface area contributed by atoms with Crippen LogP contribution in [-0.4, -0.2) is 65.2 Å². The van der Waals surface area contributed by atoms with Gasteiger partial charge in [-0.05, 0) is 36.4 Å². The molecule has 198 valence electrons. The predicted molar refractivity (Wildman–Crippen MR) is 134 cm³/mol. The summed E-state index contributed by atoms with van der Waals surface area (Å²) in [5.74, 6) is -1.16. The minimum absolute atomic E-state index is 0.00727. The maximum Gasteiger partial charge on any atom is 0.414 e. The topological polar surface area (TPSA) is 126 Å². The van der Waals surface area contributed by atoms with E-state index >= 15 is 8.78 Å². The van der Waals surface area contributed by atoms with E-state index in [9.17, 15) is 14.4 Å². The molecule has 5 rings (SSSR count). The number of hydrogen-bond donors (Lipinski definition) is 2. The van der Waals surface area contributed by atoms with Crippen LogP contribution in [0.3, 0.4) is 0 Å².